The maximum Gasteiger partial charge on any atom is 0.412 e. The van der Waals surface area contributed by atoms with Gasteiger partial charge in [-0.25, -0.2) is 14.5 Å². The standard InChI is InChI=1S/C28H39N5O4Si/c1-35-26-12-11-24(37-28(34)32-23-9-7-5-6-8-10-23)16-25(26)21-15-22(18-29-17-21)27-30-19-31-33(27)20-36-13-14-38(2,3)4/h11-12,15-19,23H,5-10,13-14,20H2,1-4H3,(H,32,34). The van der Waals surface area contributed by atoms with Gasteiger partial charge in [0.15, 0.2) is 5.82 Å². The van der Waals surface area contributed by atoms with Gasteiger partial charge in [-0.2, -0.15) is 5.10 Å². The lowest BCUT2D eigenvalue weighted by molar-refractivity contribution is 0.0796. The topological polar surface area (TPSA) is 100 Å². The zero-order valence-electron chi connectivity index (χ0n) is 22.9. The summed E-state index contributed by atoms with van der Waals surface area (Å²) in [6, 6.07) is 8.57. The largest absolute Gasteiger partial charge is 0.496 e. The quantitative estimate of drug-likeness (QED) is 0.188. The Labute approximate surface area is 225 Å². The zero-order valence-corrected chi connectivity index (χ0v) is 23.9. The van der Waals surface area contributed by atoms with E-state index < -0.39 is 14.2 Å². The van der Waals surface area contributed by atoms with Crippen LogP contribution in [0, 0.1) is 0 Å². The van der Waals surface area contributed by atoms with Gasteiger partial charge in [-0.1, -0.05) is 45.3 Å². The first-order chi connectivity index (χ1) is 18.3. The summed E-state index contributed by atoms with van der Waals surface area (Å²) in [6.07, 6.45) is 11.3. The number of nitrogens with zero attached hydrogens (tertiary/aromatic N) is 4. The number of methoxy groups -OCH3 is 1. The van der Waals surface area contributed by atoms with E-state index in [0.29, 0.717) is 30.7 Å². The molecule has 9 nitrogen and oxygen atoms in total. The van der Waals surface area contributed by atoms with Gasteiger partial charge in [-0.05, 0) is 43.2 Å². The first-order valence-electron chi connectivity index (χ1n) is 13.4. The Balaban J connectivity index is 1.49. The van der Waals surface area contributed by atoms with Crippen molar-refractivity contribution >= 4 is 14.2 Å². The van der Waals surface area contributed by atoms with E-state index in [0.717, 1.165) is 48.4 Å². The summed E-state index contributed by atoms with van der Waals surface area (Å²) >= 11 is 0. The molecule has 204 valence electrons. The molecule has 2 aromatic heterocycles. The molecular formula is C28H39N5O4Si. The highest BCUT2D eigenvalue weighted by atomic mass is 28.3. The first-order valence-corrected chi connectivity index (χ1v) is 17.1. The van der Waals surface area contributed by atoms with Gasteiger partial charge in [-0.3, -0.25) is 4.98 Å². The van der Waals surface area contributed by atoms with Crippen LogP contribution in [0.15, 0.2) is 43.0 Å². The molecule has 1 N–H and O–H groups in total. The van der Waals surface area contributed by atoms with Crippen LogP contribution in [0.25, 0.3) is 22.5 Å². The lowest BCUT2D eigenvalue weighted by Gasteiger charge is -2.17. The molecule has 0 unspecified atom stereocenters. The summed E-state index contributed by atoms with van der Waals surface area (Å²) in [4.78, 5) is 21.5. The highest BCUT2D eigenvalue weighted by Crippen LogP contribution is 2.35. The van der Waals surface area contributed by atoms with E-state index in [2.05, 4.69) is 40.0 Å². The summed E-state index contributed by atoms with van der Waals surface area (Å²) in [5, 5.41) is 7.36. The molecule has 1 saturated carbocycles. The number of benzene rings is 1. The van der Waals surface area contributed by atoms with Crippen LogP contribution in [0.4, 0.5) is 4.79 Å². The average molecular weight is 538 g/mol. The normalized spacial score (nSPS) is 14.6. The number of carbonyl (C=O) groups excluding carboxylic acids is 1. The number of hydrogen-bond acceptors (Lipinski definition) is 7. The molecule has 0 spiro atoms. The number of rotatable bonds is 10. The van der Waals surface area contributed by atoms with Gasteiger partial charge in [0.1, 0.15) is 24.6 Å². The molecule has 1 aliphatic carbocycles. The van der Waals surface area contributed by atoms with Crippen LogP contribution in [0.1, 0.15) is 38.5 Å². The third-order valence-electron chi connectivity index (χ3n) is 6.69. The Kier molecular flexibility index (Phi) is 9.51. The van der Waals surface area contributed by atoms with Crippen LogP contribution >= 0.6 is 0 Å². The van der Waals surface area contributed by atoms with E-state index in [-0.39, 0.29) is 6.04 Å². The predicted octanol–water partition coefficient (Wildman–Crippen LogP) is 6.14. The minimum atomic E-state index is -1.17. The maximum atomic E-state index is 12.6. The van der Waals surface area contributed by atoms with Gasteiger partial charge >= 0.3 is 6.09 Å². The maximum absolute atomic E-state index is 12.6. The molecule has 0 saturated heterocycles. The van der Waals surface area contributed by atoms with Crippen LogP contribution in [0.2, 0.25) is 25.7 Å². The number of amides is 1. The number of aromatic nitrogens is 4. The summed E-state index contributed by atoms with van der Waals surface area (Å²) in [5.41, 5.74) is 2.37. The van der Waals surface area contributed by atoms with Crippen molar-refractivity contribution in [1.29, 1.82) is 0 Å². The third kappa shape index (κ3) is 7.88. The first kappa shape index (κ1) is 27.8. The molecule has 10 heteroatoms. The summed E-state index contributed by atoms with van der Waals surface area (Å²) in [6.45, 7) is 8.01. The Hall–Kier alpha value is -3.24. The lowest BCUT2D eigenvalue weighted by atomic mass is 10.0. The van der Waals surface area contributed by atoms with Gasteiger partial charge in [0.05, 0.1) is 7.11 Å². The molecule has 38 heavy (non-hydrogen) atoms. The smallest absolute Gasteiger partial charge is 0.412 e. The van der Waals surface area contributed by atoms with Gasteiger partial charge in [0, 0.05) is 49.8 Å². The average Bonchev–Trinajstić information content (AvgIpc) is 3.22. The Morgan fingerprint density at radius 1 is 1.08 bits per heavy atom. The van der Waals surface area contributed by atoms with E-state index in [4.69, 9.17) is 14.2 Å². The van der Waals surface area contributed by atoms with Crippen molar-refractivity contribution in [2.24, 2.45) is 0 Å². The van der Waals surface area contributed by atoms with E-state index >= 15 is 0 Å². The number of pyridine rings is 1. The molecule has 0 bridgehead atoms. The fourth-order valence-corrected chi connectivity index (χ4v) is 5.28. The van der Waals surface area contributed by atoms with Crippen molar-refractivity contribution in [3.05, 3.63) is 43.0 Å². The van der Waals surface area contributed by atoms with Crippen molar-refractivity contribution in [2.45, 2.75) is 77.0 Å². The summed E-state index contributed by atoms with van der Waals surface area (Å²) in [7, 11) is 0.448. The van der Waals surface area contributed by atoms with Crippen LogP contribution < -0.4 is 14.8 Å². The number of nitrogens with one attached hydrogen (secondary N) is 1. The molecule has 3 aromatic rings. The van der Waals surface area contributed by atoms with Gasteiger partial charge in [-0.15, -0.1) is 0 Å². The Bertz CT molecular complexity index is 1200. The minimum absolute atomic E-state index is 0.167. The Morgan fingerprint density at radius 3 is 2.58 bits per heavy atom. The molecule has 2 heterocycles. The van der Waals surface area contributed by atoms with E-state index in [9.17, 15) is 4.79 Å². The predicted molar refractivity (Wildman–Crippen MR) is 150 cm³/mol. The van der Waals surface area contributed by atoms with Crippen molar-refractivity contribution in [2.75, 3.05) is 13.7 Å². The van der Waals surface area contributed by atoms with Crippen LogP contribution in [-0.2, 0) is 11.5 Å². The fourth-order valence-electron chi connectivity index (χ4n) is 4.52. The zero-order chi connectivity index (χ0) is 27.0. The highest BCUT2D eigenvalue weighted by molar-refractivity contribution is 6.76. The van der Waals surface area contributed by atoms with Crippen molar-refractivity contribution in [1.82, 2.24) is 25.1 Å². The molecule has 0 radical (unpaired) electrons. The Morgan fingerprint density at radius 2 is 1.84 bits per heavy atom. The second-order valence-electron chi connectivity index (χ2n) is 11.0. The third-order valence-corrected chi connectivity index (χ3v) is 8.40. The van der Waals surface area contributed by atoms with Crippen molar-refractivity contribution in [3.8, 4) is 34.0 Å². The molecule has 1 amide bonds. The number of carbonyl (C=O) groups is 1. The summed E-state index contributed by atoms with van der Waals surface area (Å²) < 4.78 is 18.9. The van der Waals surface area contributed by atoms with E-state index in [1.165, 1.54) is 19.2 Å². The molecule has 1 fully saturated rings. The second kappa shape index (κ2) is 13.0. The molecule has 4 rings (SSSR count). The van der Waals surface area contributed by atoms with Crippen molar-refractivity contribution in [3.63, 3.8) is 0 Å². The summed E-state index contributed by atoms with van der Waals surface area (Å²) in [5.74, 6) is 1.76. The molecular weight excluding hydrogens is 498 g/mol. The van der Waals surface area contributed by atoms with Crippen molar-refractivity contribution < 1.29 is 19.0 Å². The highest BCUT2D eigenvalue weighted by Gasteiger charge is 2.18. The number of ether oxygens (including phenoxy) is 3. The van der Waals surface area contributed by atoms with Gasteiger partial charge in [0.2, 0.25) is 0 Å². The minimum Gasteiger partial charge on any atom is -0.496 e. The molecule has 0 aliphatic heterocycles. The molecule has 0 atom stereocenters. The van der Waals surface area contributed by atoms with Crippen LogP contribution in [0.3, 0.4) is 0 Å². The van der Waals surface area contributed by atoms with Gasteiger partial charge in [0.25, 0.3) is 0 Å². The monoisotopic (exact) mass is 537 g/mol. The van der Waals surface area contributed by atoms with E-state index in [1.54, 1.807) is 42.4 Å². The fraction of sp³-hybridized carbons (Fsp3) is 0.500. The second-order valence-corrected chi connectivity index (χ2v) is 16.6. The lowest BCUT2D eigenvalue weighted by Crippen LogP contribution is -2.36. The molecule has 1 aromatic carbocycles. The molecule has 1 aliphatic rings. The van der Waals surface area contributed by atoms with E-state index in [1.807, 2.05) is 6.07 Å². The van der Waals surface area contributed by atoms with Crippen LogP contribution in [-0.4, -0.2) is 53.7 Å². The van der Waals surface area contributed by atoms with Gasteiger partial charge < -0.3 is 19.5 Å². The SMILES string of the molecule is COc1ccc(OC(=O)NC2CCCCCC2)cc1-c1cncc(-c2ncnn2COCC[Si](C)(C)C)c1. The van der Waals surface area contributed by atoms with Crippen LogP contribution in [0.5, 0.6) is 11.5 Å². The number of hydrogen-bond donors (Lipinski definition) is 1.